The lowest BCUT2D eigenvalue weighted by atomic mass is 10.2. The molecule has 1 rings (SSSR count). The van der Waals surface area contributed by atoms with E-state index < -0.39 is 0 Å². The van der Waals surface area contributed by atoms with Crippen LogP contribution in [-0.4, -0.2) is 15.6 Å². The van der Waals surface area contributed by atoms with E-state index in [4.69, 9.17) is 11.1 Å². The number of aromatic nitrogens is 2. The van der Waals surface area contributed by atoms with Gasteiger partial charge in [0.2, 0.25) is 0 Å². The highest BCUT2D eigenvalue weighted by Gasteiger charge is 2.03. The van der Waals surface area contributed by atoms with Crippen LogP contribution in [-0.2, 0) is 13.5 Å². The number of nitrogens with zero attached hydrogens (tertiary/aromatic N) is 2. The number of rotatable bonds is 2. The van der Waals surface area contributed by atoms with E-state index >= 15 is 0 Å². The molecule has 1 heterocycles. The zero-order valence-electron chi connectivity index (χ0n) is 6.76. The standard InChI is InChI=1S/C7H12N4/c1-5-4-11(2)10-6(5)3-7(8)9/h4H,3H2,1-2H3,(H3,8,9). The Morgan fingerprint density at radius 1 is 1.82 bits per heavy atom. The summed E-state index contributed by atoms with van der Waals surface area (Å²) >= 11 is 0. The summed E-state index contributed by atoms with van der Waals surface area (Å²) in [5, 5.41) is 11.2. The van der Waals surface area contributed by atoms with Gasteiger partial charge in [0.15, 0.2) is 0 Å². The first-order valence-electron chi connectivity index (χ1n) is 3.41. The molecule has 0 amide bonds. The molecule has 4 nitrogen and oxygen atoms in total. The molecular weight excluding hydrogens is 140 g/mol. The molecule has 0 bridgehead atoms. The minimum atomic E-state index is 0.159. The second-order valence-corrected chi connectivity index (χ2v) is 2.63. The van der Waals surface area contributed by atoms with Crippen molar-refractivity contribution in [2.45, 2.75) is 13.3 Å². The van der Waals surface area contributed by atoms with Gasteiger partial charge in [0, 0.05) is 19.7 Å². The Hall–Kier alpha value is -1.32. The third-order valence-electron chi connectivity index (χ3n) is 1.47. The van der Waals surface area contributed by atoms with Crippen molar-refractivity contribution in [3.05, 3.63) is 17.5 Å². The molecule has 0 aliphatic rings. The fourth-order valence-corrected chi connectivity index (χ4v) is 1.01. The monoisotopic (exact) mass is 152 g/mol. The summed E-state index contributed by atoms with van der Waals surface area (Å²) in [5.41, 5.74) is 7.21. The third-order valence-corrected chi connectivity index (χ3v) is 1.47. The molecule has 0 saturated heterocycles. The van der Waals surface area contributed by atoms with Gasteiger partial charge in [-0.15, -0.1) is 0 Å². The summed E-state index contributed by atoms with van der Waals surface area (Å²) in [4.78, 5) is 0. The Morgan fingerprint density at radius 2 is 2.45 bits per heavy atom. The van der Waals surface area contributed by atoms with Gasteiger partial charge in [-0.1, -0.05) is 0 Å². The zero-order chi connectivity index (χ0) is 8.43. The molecule has 0 atom stereocenters. The SMILES string of the molecule is Cc1cn(C)nc1CC(=N)N. The topological polar surface area (TPSA) is 67.7 Å². The number of amidine groups is 1. The highest BCUT2D eigenvalue weighted by molar-refractivity contribution is 5.79. The number of hydrogen-bond donors (Lipinski definition) is 2. The van der Waals surface area contributed by atoms with Gasteiger partial charge >= 0.3 is 0 Å². The van der Waals surface area contributed by atoms with E-state index in [-0.39, 0.29) is 5.84 Å². The molecule has 0 aliphatic carbocycles. The van der Waals surface area contributed by atoms with Crippen molar-refractivity contribution in [3.8, 4) is 0 Å². The molecule has 3 N–H and O–H groups in total. The van der Waals surface area contributed by atoms with Crippen molar-refractivity contribution in [2.75, 3.05) is 0 Å². The molecule has 0 unspecified atom stereocenters. The molecule has 60 valence electrons. The van der Waals surface area contributed by atoms with Gasteiger partial charge < -0.3 is 5.73 Å². The second kappa shape index (κ2) is 2.74. The molecule has 0 aromatic carbocycles. The predicted molar refractivity (Wildman–Crippen MR) is 43.6 cm³/mol. The summed E-state index contributed by atoms with van der Waals surface area (Å²) < 4.78 is 1.73. The van der Waals surface area contributed by atoms with Crippen molar-refractivity contribution in [2.24, 2.45) is 12.8 Å². The van der Waals surface area contributed by atoms with E-state index in [0.29, 0.717) is 6.42 Å². The van der Waals surface area contributed by atoms with E-state index in [1.165, 1.54) is 0 Å². The molecule has 0 spiro atoms. The van der Waals surface area contributed by atoms with Crippen LogP contribution in [0, 0.1) is 12.3 Å². The Morgan fingerprint density at radius 3 is 2.82 bits per heavy atom. The van der Waals surface area contributed by atoms with Crippen LogP contribution >= 0.6 is 0 Å². The third kappa shape index (κ3) is 1.80. The van der Waals surface area contributed by atoms with Gasteiger partial charge in [-0.05, 0) is 12.5 Å². The number of hydrogen-bond acceptors (Lipinski definition) is 2. The summed E-state index contributed by atoms with van der Waals surface area (Å²) in [6, 6.07) is 0. The van der Waals surface area contributed by atoms with Crippen molar-refractivity contribution in [1.82, 2.24) is 9.78 Å². The first-order valence-corrected chi connectivity index (χ1v) is 3.41. The molecule has 0 radical (unpaired) electrons. The summed E-state index contributed by atoms with van der Waals surface area (Å²) in [5.74, 6) is 0.159. The van der Waals surface area contributed by atoms with Crippen LogP contribution < -0.4 is 5.73 Å². The normalized spacial score (nSPS) is 10.0. The first-order chi connectivity index (χ1) is 5.09. The van der Waals surface area contributed by atoms with E-state index in [1.54, 1.807) is 4.68 Å². The lowest BCUT2D eigenvalue weighted by Gasteiger charge is -1.93. The van der Waals surface area contributed by atoms with Crippen molar-refractivity contribution in [3.63, 3.8) is 0 Å². The molecule has 0 aliphatic heterocycles. The Bertz CT molecular complexity index is 274. The van der Waals surface area contributed by atoms with E-state index in [0.717, 1.165) is 11.3 Å². The molecule has 4 heteroatoms. The van der Waals surface area contributed by atoms with Gasteiger partial charge in [0.05, 0.1) is 11.5 Å². The number of nitrogens with one attached hydrogen (secondary N) is 1. The predicted octanol–water partition coefficient (Wildman–Crippen LogP) is 0.207. The summed E-state index contributed by atoms with van der Waals surface area (Å²) in [6.07, 6.45) is 2.37. The maximum absolute atomic E-state index is 7.07. The van der Waals surface area contributed by atoms with Crippen LogP contribution in [0.5, 0.6) is 0 Å². The molecule has 0 fully saturated rings. The van der Waals surface area contributed by atoms with Gasteiger partial charge in [-0.2, -0.15) is 5.10 Å². The maximum Gasteiger partial charge on any atom is 0.0966 e. The maximum atomic E-state index is 7.07. The Balaban J connectivity index is 2.85. The van der Waals surface area contributed by atoms with Gasteiger partial charge in [0.25, 0.3) is 0 Å². The van der Waals surface area contributed by atoms with Crippen LogP contribution in [0.4, 0.5) is 0 Å². The van der Waals surface area contributed by atoms with Crippen LogP contribution in [0.3, 0.4) is 0 Å². The zero-order valence-corrected chi connectivity index (χ0v) is 6.76. The smallest absolute Gasteiger partial charge is 0.0966 e. The Kier molecular flexibility index (Phi) is 1.94. The molecule has 0 saturated carbocycles. The molecule has 11 heavy (non-hydrogen) atoms. The quantitative estimate of drug-likeness (QED) is 0.469. The fraction of sp³-hybridized carbons (Fsp3) is 0.429. The van der Waals surface area contributed by atoms with Crippen LogP contribution in [0.1, 0.15) is 11.3 Å². The second-order valence-electron chi connectivity index (χ2n) is 2.63. The van der Waals surface area contributed by atoms with Crippen LogP contribution in [0.15, 0.2) is 6.20 Å². The molecule has 1 aromatic heterocycles. The fourth-order valence-electron chi connectivity index (χ4n) is 1.01. The lowest BCUT2D eigenvalue weighted by Crippen LogP contribution is -2.13. The van der Waals surface area contributed by atoms with E-state index in [1.807, 2.05) is 20.2 Å². The average molecular weight is 152 g/mol. The lowest BCUT2D eigenvalue weighted by molar-refractivity contribution is 0.752. The van der Waals surface area contributed by atoms with Crippen LogP contribution in [0.2, 0.25) is 0 Å². The minimum absolute atomic E-state index is 0.159. The van der Waals surface area contributed by atoms with Gasteiger partial charge in [-0.3, -0.25) is 10.1 Å². The number of nitrogens with two attached hydrogens (primary N) is 1. The highest BCUT2D eigenvalue weighted by Crippen LogP contribution is 2.03. The van der Waals surface area contributed by atoms with Gasteiger partial charge in [-0.25, -0.2) is 0 Å². The summed E-state index contributed by atoms with van der Waals surface area (Å²) in [6.45, 7) is 1.96. The first kappa shape index (κ1) is 7.78. The van der Waals surface area contributed by atoms with Crippen molar-refractivity contribution < 1.29 is 0 Å². The van der Waals surface area contributed by atoms with Gasteiger partial charge in [0.1, 0.15) is 0 Å². The largest absolute Gasteiger partial charge is 0.387 e. The Labute approximate surface area is 65.5 Å². The average Bonchev–Trinajstić information content (AvgIpc) is 2.09. The summed E-state index contributed by atoms with van der Waals surface area (Å²) in [7, 11) is 1.86. The van der Waals surface area contributed by atoms with E-state index in [9.17, 15) is 0 Å². The minimum Gasteiger partial charge on any atom is -0.387 e. The highest BCUT2D eigenvalue weighted by atomic mass is 15.2. The molecule has 1 aromatic rings. The van der Waals surface area contributed by atoms with Crippen LogP contribution in [0.25, 0.3) is 0 Å². The molecular formula is C7H12N4. The van der Waals surface area contributed by atoms with E-state index in [2.05, 4.69) is 5.10 Å². The van der Waals surface area contributed by atoms with Crippen molar-refractivity contribution >= 4 is 5.84 Å². The van der Waals surface area contributed by atoms with Crippen molar-refractivity contribution in [1.29, 1.82) is 5.41 Å². The number of aryl methyl sites for hydroxylation is 2.